The summed E-state index contributed by atoms with van der Waals surface area (Å²) in [7, 11) is 12.9. The number of hydrogen-bond donors (Lipinski definition) is 2. The van der Waals surface area contributed by atoms with E-state index in [1.54, 1.807) is 0 Å². The summed E-state index contributed by atoms with van der Waals surface area (Å²) in [5.41, 5.74) is 0. The van der Waals surface area contributed by atoms with Crippen LogP contribution in [0, 0.1) is 11.8 Å². The van der Waals surface area contributed by atoms with Gasteiger partial charge in [-0.3, -0.25) is 0 Å². The van der Waals surface area contributed by atoms with Crippen molar-refractivity contribution in [1.82, 2.24) is 20.4 Å². The van der Waals surface area contributed by atoms with Gasteiger partial charge in [0.25, 0.3) is 0 Å². The molecule has 0 saturated heterocycles. The Labute approximate surface area is 140 Å². The average molecular weight is 315 g/mol. The molecule has 0 amide bonds. The first-order valence-electron chi connectivity index (χ1n) is 9.09. The molecular weight excluding hydrogens is 272 g/mol. The van der Waals surface area contributed by atoms with E-state index in [4.69, 9.17) is 0 Å². The lowest BCUT2D eigenvalue weighted by Crippen LogP contribution is -2.29. The second-order valence-corrected chi connectivity index (χ2v) is 7.21. The topological polar surface area (TPSA) is 30.5 Å². The Bertz CT molecular complexity index is 231. The molecule has 0 aliphatic rings. The van der Waals surface area contributed by atoms with Crippen LogP contribution < -0.4 is 10.6 Å². The van der Waals surface area contributed by atoms with Crippen LogP contribution in [0.1, 0.15) is 38.5 Å². The first-order valence-corrected chi connectivity index (χ1v) is 9.09. The van der Waals surface area contributed by atoms with Gasteiger partial charge in [-0.15, -0.1) is 0 Å². The normalized spacial score (nSPS) is 14.7. The Kier molecular flexibility index (Phi) is 14.3. The molecule has 134 valence electrons. The molecule has 0 rings (SSSR count). The number of nitrogens with one attached hydrogen (secondary N) is 2. The summed E-state index contributed by atoms with van der Waals surface area (Å²) in [4.78, 5) is 4.63. The molecule has 4 heteroatoms. The van der Waals surface area contributed by atoms with Gasteiger partial charge in [-0.1, -0.05) is 12.8 Å². The van der Waals surface area contributed by atoms with Crippen LogP contribution in [0.5, 0.6) is 0 Å². The first-order chi connectivity index (χ1) is 10.5. The van der Waals surface area contributed by atoms with E-state index in [0.717, 1.165) is 24.9 Å². The van der Waals surface area contributed by atoms with Crippen molar-refractivity contribution in [1.29, 1.82) is 0 Å². The van der Waals surface area contributed by atoms with E-state index >= 15 is 0 Å². The Hall–Kier alpha value is -0.160. The fraction of sp³-hybridized carbons (Fsp3) is 1.00. The third-order valence-corrected chi connectivity index (χ3v) is 4.51. The van der Waals surface area contributed by atoms with Gasteiger partial charge < -0.3 is 20.4 Å². The van der Waals surface area contributed by atoms with Gasteiger partial charge in [0.15, 0.2) is 0 Å². The summed E-state index contributed by atoms with van der Waals surface area (Å²) in [5, 5.41) is 6.70. The van der Waals surface area contributed by atoms with Gasteiger partial charge in [-0.25, -0.2) is 0 Å². The van der Waals surface area contributed by atoms with Gasteiger partial charge in [0.05, 0.1) is 0 Å². The minimum Gasteiger partial charge on any atom is -0.320 e. The van der Waals surface area contributed by atoms with Crippen LogP contribution in [-0.4, -0.2) is 78.3 Å². The maximum atomic E-state index is 3.44. The van der Waals surface area contributed by atoms with E-state index in [2.05, 4.69) is 62.7 Å². The highest BCUT2D eigenvalue weighted by Gasteiger charge is 2.20. The van der Waals surface area contributed by atoms with Crippen molar-refractivity contribution in [2.45, 2.75) is 38.5 Å². The lowest BCUT2D eigenvalue weighted by Gasteiger charge is -2.29. The standard InChI is InChI=1S/C18H42N4/c1-19-13-8-7-10-17(12-15-22(5)6)18(16-20-2)11-9-14-21(3)4/h17-20H,7-16H2,1-6H3. The van der Waals surface area contributed by atoms with E-state index in [1.165, 1.54) is 51.6 Å². The van der Waals surface area contributed by atoms with Crippen molar-refractivity contribution >= 4 is 0 Å². The molecule has 0 aromatic rings. The predicted octanol–water partition coefficient (Wildman–Crippen LogP) is 2.12. The average Bonchev–Trinajstić information content (AvgIpc) is 2.45. The van der Waals surface area contributed by atoms with E-state index in [1.807, 2.05) is 0 Å². The van der Waals surface area contributed by atoms with Gasteiger partial charge in [-0.05, 0) is 106 Å². The molecule has 2 N–H and O–H groups in total. The molecule has 0 fully saturated rings. The van der Waals surface area contributed by atoms with Crippen molar-refractivity contribution in [3.8, 4) is 0 Å². The predicted molar refractivity (Wildman–Crippen MR) is 99.6 cm³/mol. The molecule has 2 unspecified atom stereocenters. The van der Waals surface area contributed by atoms with Crippen LogP contribution in [0.4, 0.5) is 0 Å². The van der Waals surface area contributed by atoms with Gasteiger partial charge in [-0.2, -0.15) is 0 Å². The highest BCUT2D eigenvalue weighted by Crippen LogP contribution is 2.26. The zero-order valence-electron chi connectivity index (χ0n) is 16.1. The number of hydrogen-bond acceptors (Lipinski definition) is 4. The molecule has 0 aromatic carbocycles. The highest BCUT2D eigenvalue weighted by atomic mass is 15.1. The van der Waals surface area contributed by atoms with E-state index in [0.29, 0.717) is 0 Å². The lowest BCUT2D eigenvalue weighted by molar-refractivity contribution is 0.229. The van der Waals surface area contributed by atoms with Crippen LogP contribution in [0.15, 0.2) is 0 Å². The second kappa shape index (κ2) is 14.4. The number of rotatable bonds is 15. The molecule has 0 radical (unpaired) electrons. The van der Waals surface area contributed by atoms with Crippen molar-refractivity contribution in [2.24, 2.45) is 11.8 Å². The Morgan fingerprint density at radius 3 is 1.86 bits per heavy atom. The van der Waals surface area contributed by atoms with Gasteiger partial charge in [0.1, 0.15) is 0 Å². The van der Waals surface area contributed by atoms with Crippen LogP contribution in [0.2, 0.25) is 0 Å². The Morgan fingerprint density at radius 2 is 1.32 bits per heavy atom. The Balaban J connectivity index is 4.41. The SMILES string of the molecule is CNCCCCC(CCN(C)C)C(CCCN(C)C)CNC. The third kappa shape index (κ3) is 12.4. The summed E-state index contributed by atoms with van der Waals surface area (Å²) >= 11 is 0. The molecule has 4 nitrogen and oxygen atoms in total. The Morgan fingerprint density at radius 1 is 0.682 bits per heavy atom. The smallest absolute Gasteiger partial charge is 0.00209 e. The molecule has 2 atom stereocenters. The maximum absolute atomic E-state index is 3.44. The quantitative estimate of drug-likeness (QED) is 0.453. The fourth-order valence-corrected chi connectivity index (χ4v) is 3.18. The summed E-state index contributed by atoms with van der Waals surface area (Å²) in [5.74, 6) is 1.67. The van der Waals surface area contributed by atoms with Crippen LogP contribution in [0.25, 0.3) is 0 Å². The first kappa shape index (κ1) is 21.8. The van der Waals surface area contributed by atoms with Crippen molar-refractivity contribution in [2.75, 3.05) is 68.5 Å². The van der Waals surface area contributed by atoms with Crippen LogP contribution >= 0.6 is 0 Å². The third-order valence-electron chi connectivity index (χ3n) is 4.51. The zero-order chi connectivity index (χ0) is 16.8. The molecule has 0 spiro atoms. The van der Waals surface area contributed by atoms with Crippen LogP contribution in [0.3, 0.4) is 0 Å². The molecule has 22 heavy (non-hydrogen) atoms. The van der Waals surface area contributed by atoms with Crippen LogP contribution in [-0.2, 0) is 0 Å². The van der Waals surface area contributed by atoms with E-state index < -0.39 is 0 Å². The molecular formula is C18H42N4. The van der Waals surface area contributed by atoms with Crippen molar-refractivity contribution < 1.29 is 0 Å². The van der Waals surface area contributed by atoms with Crippen molar-refractivity contribution in [3.63, 3.8) is 0 Å². The van der Waals surface area contributed by atoms with Gasteiger partial charge >= 0.3 is 0 Å². The monoisotopic (exact) mass is 314 g/mol. The maximum Gasteiger partial charge on any atom is -0.00209 e. The van der Waals surface area contributed by atoms with Gasteiger partial charge in [0.2, 0.25) is 0 Å². The minimum atomic E-state index is 0.819. The largest absolute Gasteiger partial charge is 0.320 e. The summed E-state index contributed by atoms with van der Waals surface area (Å²) in [6, 6.07) is 0. The molecule has 0 bridgehead atoms. The highest BCUT2D eigenvalue weighted by molar-refractivity contribution is 4.74. The fourth-order valence-electron chi connectivity index (χ4n) is 3.18. The molecule has 0 saturated carbocycles. The molecule has 0 aliphatic heterocycles. The minimum absolute atomic E-state index is 0.819. The second-order valence-electron chi connectivity index (χ2n) is 7.21. The van der Waals surface area contributed by atoms with E-state index in [9.17, 15) is 0 Å². The summed E-state index contributed by atoms with van der Waals surface area (Å²) in [6.07, 6.45) is 8.04. The lowest BCUT2D eigenvalue weighted by atomic mass is 9.82. The number of unbranched alkanes of at least 4 members (excludes halogenated alkanes) is 1. The zero-order valence-corrected chi connectivity index (χ0v) is 16.1. The number of nitrogens with zero attached hydrogens (tertiary/aromatic N) is 2. The molecule has 0 aliphatic carbocycles. The summed E-state index contributed by atoms with van der Waals surface area (Å²) in [6.45, 7) is 4.74. The molecule has 0 heterocycles. The van der Waals surface area contributed by atoms with E-state index in [-0.39, 0.29) is 0 Å². The van der Waals surface area contributed by atoms with Gasteiger partial charge in [0, 0.05) is 0 Å². The van der Waals surface area contributed by atoms with Crippen molar-refractivity contribution in [3.05, 3.63) is 0 Å². The summed E-state index contributed by atoms with van der Waals surface area (Å²) < 4.78 is 0. The molecule has 0 aromatic heterocycles.